The molecule has 0 radical (unpaired) electrons. The van der Waals surface area contributed by atoms with E-state index in [9.17, 15) is 14.4 Å². The Hall–Kier alpha value is -4.39. The largest absolute Gasteiger partial charge is 0.467 e. The van der Waals surface area contributed by atoms with Gasteiger partial charge in [0.2, 0.25) is 5.91 Å². The van der Waals surface area contributed by atoms with Gasteiger partial charge < -0.3 is 20.1 Å². The number of methoxy groups -OCH3 is 1. The molecule has 4 rings (SSSR count). The lowest BCUT2D eigenvalue weighted by molar-refractivity contribution is -0.145. The minimum absolute atomic E-state index is 0.0850. The fraction of sp³-hybridized carbons (Fsp3) is 0.281. The van der Waals surface area contributed by atoms with Crippen molar-refractivity contribution in [3.63, 3.8) is 0 Å². The maximum Gasteiger partial charge on any atom is 0.408 e. The summed E-state index contributed by atoms with van der Waals surface area (Å²) in [4.78, 5) is 38.9. The number of benzene rings is 4. The molecule has 0 aliphatic carbocycles. The topological polar surface area (TPSA) is 93.7 Å². The average molecular weight is 527 g/mol. The van der Waals surface area contributed by atoms with Crippen molar-refractivity contribution >= 4 is 39.5 Å². The Balaban J connectivity index is 1.55. The number of hydrogen-bond acceptors (Lipinski definition) is 5. The summed E-state index contributed by atoms with van der Waals surface area (Å²) < 4.78 is 10.4. The lowest BCUT2D eigenvalue weighted by Crippen LogP contribution is -2.53. The maximum absolute atomic E-state index is 13.4. The summed E-state index contributed by atoms with van der Waals surface area (Å²) in [6.45, 7) is 4.00. The van der Waals surface area contributed by atoms with Crippen LogP contribution < -0.4 is 10.6 Å². The Morgan fingerprint density at radius 1 is 0.769 bits per heavy atom. The van der Waals surface area contributed by atoms with Gasteiger partial charge in [-0.2, -0.15) is 0 Å². The van der Waals surface area contributed by atoms with Crippen molar-refractivity contribution in [3.05, 3.63) is 96.1 Å². The van der Waals surface area contributed by atoms with Crippen molar-refractivity contribution in [1.82, 2.24) is 10.6 Å². The van der Waals surface area contributed by atoms with E-state index in [-0.39, 0.29) is 18.9 Å². The molecule has 39 heavy (non-hydrogen) atoms. The third kappa shape index (κ3) is 7.13. The van der Waals surface area contributed by atoms with Crippen molar-refractivity contribution in [2.75, 3.05) is 7.11 Å². The highest BCUT2D eigenvalue weighted by molar-refractivity contribution is 6.03. The van der Waals surface area contributed by atoms with Gasteiger partial charge in [0.05, 0.1) is 7.11 Å². The first-order valence-electron chi connectivity index (χ1n) is 13.1. The third-order valence-electron chi connectivity index (χ3n) is 6.62. The smallest absolute Gasteiger partial charge is 0.408 e. The van der Waals surface area contributed by atoms with Gasteiger partial charge in [0.15, 0.2) is 0 Å². The van der Waals surface area contributed by atoms with Crippen LogP contribution in [0.25, 0.3) is 21.5 Å². The summed E-state index contributed by atoms with van der Waals surface area (Å²) in [5, 5.41) is 9.61. The number of ether oxygens (including phenoxy) is 2. The quantitative estimate of drug-likeness (QED) is 0.209. The van der Waals surface area contributed by atoms with Gasteiger partial charge in [0.1, 0.15) is 18.7 Å². The molecular formula is C32H34N2O5. The molecule has 7 heteroatoms. The fourth-order valence-electron chi connectivity index (χ4n) is 4.75. The van der Waals surface area contributed by atoms with Gasteiger partial charge in [-0.05, 0) is 51.1 Å². The lowest BCUT2D eigenvalue weighted by atomic mass is 9.92. The van der Waals surface area contributed by atoms with Crippen LogP contribution in [0.2, 0.25) is 0 Å². The highest BCUT2D eigenvalue weighted by Gasteiger charge is 2.29. The van der Waals surface area contributed by atoms with Gasteiger partial charge in [0.25, 0.3) is 0 Å². The standard InChI is InChI=1S/C32H34N2O5/c1-21(2)17-28(34-32(37)39-20-22-11-5-4-6-12-22)30(35)33-29(31(36)38-3)19-27-25-15-9-7-13-23(25)18-24-14-8-10-16-26(24)27/h4-16,18,21,28-29H,17,19-20H2,1-3H3,(H,33,35)(H,34,37)/t28-,29-/m0/s1. The number of hydrogen-bond donors (Lipinski definition) is 2. The minimum atomic E-state index is -0.950. The molecule has 0 fully saturated rings. The number of nitrogens with one attached hydrogen (secondary N) is 2. The van der Waals surface area contributed by atoms with E-state index in [2.05, 4.69) is 16.7 Å². The third-order valence-corrected chi connectivity index (χ3v) is 6.62. The second kappa shape index (κ2) is 12.9. The SMILES string of the molecule is COC(=O)[C@H](Cc1c2ccccc2cc2ccccc12)NC(=O)[C@H](CC(C)C)NC(=O)OCc1ccccc1. The molecule has 0 unspecified atom stereocenters. The second-order valence-corrected chi connectivity index (χ2v) is 9.97. The molecule has 0 aromatic heterocycles. The monoisotopic (exact) mass is 526 g/mol. The molecule has 2 atom stereocenters. The van der Waals surface area contributed by atoms with E-state index < -0.39 is 30.1 Å². The van der Waals surface area contributed by atoms with E-state index in [0.717, 1.165) is 32.7 Å². The van der Waals surface area contributed by atoms with Crippen molar-refractivity contribution in [2.45, 2.75) is 45.4 Å². The molecule has 0 saturated carbocycles. The van der Waals surface area contributed by atoms with Crippen LogP contribution in [0, 0.1) is 5.92 Å². The first-order valence-corrected chi connectivity index (χ1v) is 13.1. The molecule has 4 aromatic carbocycles. The molecule has 0 saturated heterocycles. The average Bonchev–Trinajstić information content (AvgIpc) is 2.95. The van der Waals surface area contributed by atoms with Crippen LogP contribution in [0.4, 0.5) is 4.79 Å². The molecule has 0 bridgehead atoms. The van der Waals surface area contributed by atoms with Crippen LogP contribution >= 0.6 is 0 Å². The van der Waals surface area contributed by atoms with Gasteiger partial charge in [0, 0.05) is 6.42 Å². The Morgan fingerprint density at radius 3 is 1.95 bits per heavy atom. The van der Waals surface area contributed by atoms with Crippen LogP contribution in [-0.4, -0.2) is 37.2 Å². The van der Waals surface area contributed by atoms with Crippen LogP contribution in [0.3, 0.4) is 0 Å². The van der Waals surface area contributed by atoms with Crippen LogP contribution in [0.5, 0.6) is 0 Å². The predicted molar refractivity (Wildman–Crippen MR) is 152 cm³/mol. The van der Waals surface area contributed by atoms with E-state index in [1.54, 1.807) is 0 Å². The van der Waals surface area contributed by atoms with E-state index in [4.69, 9.17) is 9.47 Å². The number of carbonyl (C=O) groups excluding carboxylic acids is 3. The van der Waals surface area contributed by atoms with Crippen LogP contribution in [-0.2, 0) is 32.1 Å². The molecule has 4 aromatic rings. The number of carbonyl (C=O) groups is 3. The molecule has 2 N–H and O–H groups in total. The van der Waals surface area contributed by atoms with Crippen molar-refractivity contribution in [3.8, 4) is 0 Å². The molecule has 0 aliphatic rings. The van der Waals surface area contributed by atoms with E-state index in [1.807, 2.05) is 92.7 Å². The molecule has 7 nitrogen and oxygen atoms in total. The summed E-state index contributed by atoms with van der Waals surface area (Å²) in [6.07, 6.45) is -0.0980. The highest BCUT2D eigenvalue weighted by atomic mass is 16.5. The van der Waals surface area contributed by atoms with E-state index in [0.29, 0.717) is 6.42 Å². The van der Waals surface area contributed by atoms with E-state index >= 15 is 0 Å². The summed E-state index contributed by atoms with van der Waals surface area (Å²) in [7, 11) is 1.30. The Morgan fingerprint density at radius 2 is 1.36 bits per heavy atom. The van der Waals surface area contributed by atoms with Gasteiger partial charge in [-0.1, -0.05) is 92.7 Å². The normalized spacial score (nSPS) is 12.6. The number of alkyl carbamates (subject to hydrolysis) is 1. The van der Waals surface area contributed by atoms with Gasteiger partial charge in [-0.15, -0.1) is 0 Å². The van der Waals surface area contributed by atoms with Crippen LogP contribution in [0.1, 0.15) is 31.4 Å². The summed E-state index contributed by atoms with van der Waals surface area (Å²) in [6, 6.07) is 25.5. The summed E-state index contributed by atoms with van der Waals surface area (Å²) >= 11 is 0. The van der Waals surface area contributed by atoms with Crippen molar-refractivity contribution < 1.29 is 23.9 Å². The molecule has 0 heterocycles. The van der Waals surface area contributed by atoms with E-state index in [1.165, 1.54) is 7.11 Å². The Bertz CT molecular complexity index is 1400. The zero-order valence-electron chi connectivity index (χ0n) is 22.5. The van der Waals surface area contributed by atoms with Crippen LogP contribution in [0.15, 0.2) is 84.9 Å². The van der Waals surface area contributed by atoms with Gasteiger partial charge >= 0.3 is 12.1 Å². The first kappa shape index (κ1) is 27.6. The molecular weight excluding hydrogens is 492 g/mol. The highest BCUT2D eigenvalue weighted by Crippen LogP contribution is 2.29. The fourth-order valence-corrected chi connectivity index (χ4v) is 4.75. The molecule has 202 valence electrons. The Kier molecular flexibility index (Phi) is 9.15. The molecule has 0 spiro atoms. The predicted octanol–water partition coefficient (Wildman–Crippen LogP) is 5.53. The lowest BCUT2D eigenvalue weighted by Gasteiger charge is -2.24. The summed E-state index contributed by atoms with van der Waals surface area (Å²) in [5.74, 6) is -0.926. The zero-order valence-corrected chi connectivity index (χ0v) is 22.5. The van der Waals surface area contributed by atoms with Crippen molar-refractivity contribution in [1.29, 1.82) is 0 Å². The van der Waals surface area contributed by atoms with Gasteiger partial charge in [-0.25, -0.2) is 9.59 Å². The molecule has 0 aliphatic heterocycles. The molecule has 2 amide bonds. The number of fused-ring (bicyclic) bond motifs is 2. The maximum atomic E-state index is 13.4. The van der Waals surface area contributed by atoms with Crippen molar-refractivity contribution in [2.24, 2.45) is 5.92 Å². The second-order valence-electron chi connectivity index (χ2n) is 9.97. The first-order chi connectivity index (χ1) is 18.9. The number of rotatable bonds is 10. The zero-order chi connectivity index (χ0) is 27.8. The number of esters is 1. The number of amides is 2. The summed E-state index contributed by atoms with van der Waals surface area (Å²) in [5.41, 5.74) is 1.78. The van der Waals surface area contributed by atoms with Gasteiger partial charge in [-0.3, -0.25) is 4.79 Å². The minimum Gasteiger partial charge on any atom is -0.467 e. The Labute approximate surface area is 228 Å².